The minimum Gasteiger partial charge on any atom is -0.363 e. The van der Waals surface area contributed by atoms with Crippen molar-refractivity contribution in [3.8, 4) is 0 Å². The molecule has 4 heteroatoms. The van der Waals surface area contributed by atoms with Crippen molar-refractivity contribution in [1.82, 2.24) is 5.32 Å². The van der Waals surface area contributed by atoms with Crippen molar-refractivity contribution in [3.63, 3.8) is 0 Å². The molecule has 1 aliphatic rings. The Kier molecular flexibility index (Phi) is 4.03. The Morgan fingerprint density at radius 3 is 2.85 bits per heavy atom. The van der Waals surface area contributed by atoms with Crippen molar-refractivity contribution in [2.75, 3.05) is 0 Å². The van der Waals surface area contributed by atoms with Gasteiger partial charge < -0.3 is 5.32 Å². The quantitative estimate of drug-likeness (QED) is 0.510. The SMILES string of the molecule is C=CCC1=C(C)NC(C)=CC1c1cccc([N+](=O)[O-])c1. The number of dihydropyridines is 1. The molecule has 1 N–H and O–H groups in total. The van der Waals surface area contributed by atoms with E-state index in [-0.39, 0.29) is 16.5 Å². The maximum absolute atomic E-state index is 10.9. The van der Waals surface area contributed by atoms with E-state index in [1.165, 1.54) is 11.6 Å². The lowest BCUT2D eigenvalue weighted by atomic mass is 9.85. The molecule has 0 fully saturated rings. The number of nitrogens with zero attached hydrogens (tertiary/aromatic N) is 1. The summed E-state index contributed by atoms with van der Waals surface area (Å²) in [4.78, 5) is 10.6. The molecule has 2 rings (SSSR count). The Labute approximate surface area is 118 Å². The van der Waals surface area contributed by atoms with E-state index in [0.29, 0.717) is 0 Å². The summed E-state index contributed by atoms with van der Waals surface area (Å²) in [6.45, 7) is 7.82. The van der Waals surface area contributed by atoms with Crippen LogP contribution in [-0.4, -0.2) is 4.92 Å². The molecular formula is C16H18N2O2. The van der Waals surface area contributed by atoms with Crippen LogP contribution in [0, 0.1) is 10.1 Å². The Bertz CT molecular complexity index is 615. The van der Waals surface area contributed by atoms with Crippen LogP contribution in [0.3, 0.4) is 0 Å². The summed E-state index contributed by atoms with van der Waals surface area (Å²) in [6, 6.07) is 6.84. The number of nitro benzene ring substituents is 1. The van der Waals surface area contributed by atoms with Gasteiger partial charge in [0.2, 0.25) is 0 Å². The number of allylic oxidation sites excluding steroid dienone is 5. The van der Waals surface area contributed by atoms with Crippen LogP contribution in [0.15, 0.2) is 60.0 Å². The fourth-order valence-corrected chi connectivity index (χ4v) is 2.57. The fraction of sp³-hybridized carbons (Fsp3) is 0.250. The third kappa shape index (κ3) is 2.79. The number of non-ortho nitro benzene ring substituents is 1. The third-order valence-corrected chi connectivity index (χ3v) is 3.46. The first kappa shape index (κ1) is 14.1. The maximum Gasteiger partial charge on any atom is 0.269 e. The third-order valence-electron chi connectivity index (χ3n) is 3.46. The van der Waals surface area contributed by atoms with E-state index in [1.807, 2.05) is 26.0 Å². The van der Waals surface area contributed by atoms with Crippen molar-refractivity contribution in [1.29, 1.82) is 0 Å². The molecule has 1 unspecified atom stereocenters. The zero-order valence-electron chi connectivity index (χ0n) is 11.7. The average Bonchev–Trinajstić information content (AvgIpc) is 2.41. The van der Waals surface area contributed by atoms with Gasteiger partial charge in [0, 0.05) is 29.4 Å². The number of hydrogen-bond donors (Lipinski definition) is 1. The van der Waals surface area contributed by atoms with E-state index in [2.05, 4.69) is 18.0 Å². The second-order valence-corrected chi connectivity index (χ2v) is 4.95. The van der Waals surface area contributed by atoms with Gasteiger partial charge in [0.1, 0.15) is 0 Å². The fourth-order valence-electron chi connectivity index (χ4n) is 2.57. The summed E-state index contributed by atoms with van der Waals surface area (Å²) in [6.07, 6.45) is 4.72. The largest absolute Gasteiger partial charge is 0.363 e. The van der Waals surface area contributed by atoms with Crippen molar-refractivity contribution < 1.29 is 4.92 Å². The number of nitro groups is 1. The van der Waals surface area contributed by atoms with Gasteiger partial charge in [-0.15, -0.1) is 6.58 Å². The highest BCUT2D eigenvalue weighted by atomic mass is 16.6. The van der Waals surface area contributed by atoms with Crippen molar-refractivity contribution in [2.45, 2.75) is 26.2 Å². The van der Waals surface area contributed by atoms with Crippen LogP contribution in [0.2, 0.25) is 0 Å². The predicted octanol–water partition coefficient (Wildman–Crippen LogP) is 4.04. The van der Waals surface area contributed by atoms with E-state index in [4.69, 9.17) is 0 Å². The first-order valence-electron chi connectivity index (χ1n) is 6.53. The van der Waals surface area contributed by atoms with Gasteiger partial charge in [0.15, 0.2) is 0 Å². The van der Waals surface area contributed by atoms with Crippen LogP contribution in [0.4, 0.5) is 5.69 Å². The Hall–Kier alpha value is -2.36. The van der Waals surface area contributed by atoms with E-state index in [1.54, 1.807) is 12.1 Å². The van der Waals surface area contributed by atoms with Gasteiger partial charge >= 0.3 is 0 Å². The van der Waals surface area contributed by atoms with Crippen LogP contribution < -0.4 is 5.32 Å². The molecule has 104 valence electrons. The number of nitrogens with one attached hydrogen (secondary N) is 1. The van der Waals surface area contributed by atoms with Crippen LogP contribution in [0.25, 0.3) is 0 Å². The van der Waals surface area contributed by atoms with Gasteiger partial charge in [-0.25, -0.2) is 0 Å². The molecule has 1 aromatic carbocycles. The van der Waals surface area contributed by atoms with Crippen molar-refractivity contribution in [3.05, 3.63) is 75.6 Å². The van der Waals surface area contributed by atoms with Crippen LogP contribution >= 0.6 is 0 Å². The second-order valence-electron chi connectivity index (χ2n) is 4.95. The zero-order chi connectivity index (χ0) is 14.7. The smallest absolute Gasteiger partial charge is 0.269 e. The van der Waals surface area contributed by atoms with Crippen molar-refractivity contribution in [2.24, 2.45) is 0 Å². The Balaban J connectivity index is 2.47. The molecule has 1 aliphatic heterocycles. The lowest BCUT2D eigenvalue weighted by Crippen LogP contribution is -2.19. The highest BCUT2D eigenvalue weighted by molar-refractivity contribution is 5.45. The molecule has 0 bridgehead atoms. The molecule has 0 aromatic heterocycles. The molecular weight excluding hydrogens is 252 g/mol. The maximum atomic E-state index is 10.9. The lowest BCUT2D eigenvalue weighted by molar-refractivity contribution is -0.384. The molecule has 1 aromatic rings. The van der Waals surface area contributed by atoms with Crippen molar-refractivity contribution >= 4 is 5.69 Å². The van der Waals surface area contributed by atoms with Crippen LogP contribution in [0.1, 0.15) is 31.7 Å². The minimum absolute atomic E-state index is 0.0640. The van der Waals surface area contributed by atoms with Gasteiger partial charge in [-0.2, -0.15) is 0 Å². The van der Waals surface area contributed by atoms with Gasteiger partial charge in [-0.05, 0) is 31.4 Å². The standard InChI is InChI=1S/C16H18N2O2/c1-4-6-15-12(3)17-11(2)9-16(15)13-7-5-8-14(10-13)18(19)20/h4-5,7-10,16-17H,1,6H2,2-3H3. The first-order chi connectivity index (χ1) is 9.52. The number of benzene rings is 1. The molecule has 0 spiro atoms. The molecule has 1 heterocycles. The summed E-state index contributed by atoms with van der Waals surface area (Å²) >= 11 is 0. The van der Waals surface area contributed by atoms with Crippen LogP contribution in [0.5, 0.6) is 0 Å². The van der Waals surface area contributed by atoms with E-state index < -0.39 is 0 Å². The highest BCUT2D eigenvalue weighted by Gasteiger charge is 2.21. The van der Waals surface area contributed by atoms with E-state index in [9.17, 15) is 10.1 Å². The van der Waals surface area contributed by atoms with Gasteiger partial charge in [0.25, 0.3) is 5.69 Å². The monoisotopic (exact) mass is 270 g/mol. The minimum atomic E-state index is -0.356. The number of hydrogen-bond acceptors (Lipinski definition) is 3. The van der Waals surface area contributed by atoms with Gasteiger partial charge in [-0.3, -0.25) is 10.1 Å². The summed E-state index contributed by atoms with van der Waals surface area (Å²) in [5.74, 6) is 0.0640. The average molecular weight is 270 g/mol. The topological polar surface area (TPSA) is 55.2 Å². The molecule has 20 heavy (non-hydrogen) atoms. The zero-order valence-corrected chi connectivity index (χ0v) is 11.7. The molecule has 0 radical (unpaired) electrons. The lowest BCUT2D eigenvalue weighted by Gasteiger charge is -2.26. The molecule has 0 saturated heterocycles. The summed E-state index contributed by atoms with van der Waals surface area (Å²) < 4.78 is 0. The van der Waals surface area contributed by atoms with Crippen LogP contribution in [-0.2, 0) is 0 Å². The normalized spacial score (nSPS) is 18.3. The second kappa shape index (κ2) is 5.74. The molecule has 0 aliphatic carbocycles. The molecule has 4 nitrogen and oxygen atoms in total. The summed E-state index contributed by atoms with van der Waals surface area (Å²) in [5, 5.41) is 14.2. The summed E-state index contributed by atoms with van der Waals surface area (Å²) in [5.41, 5.74) is 4.43. The van der Waals surface area contributed by atoms with E-state index >= 15 is 0 Å². The Morgan fingerprint density at radius 2 is 2.20 bits per heavy atom. The molecule has 0 saturated carbocycles. The first-order valence-corrected chi connectivity index (χ1v) is 6.53. The van der Waals surface area contributed by atoms with Gasteiger partial charge in [0.05, 0.1) is 4.92 Å². The summed E-state index contributed by atoms with van der Waals surface area (Å²) in [7, 11) is 0. The predicted molar refractivity (Wildman–Crippen MR) is 80.2 cm³/mol. The highest BCUT2D eigenvalue weighted by Crippen LogP contribution is 2.35. The molecule has 0 amide bonds. The Morgan fingerprint density at radius 1 is 1.45 bits per heavy atom. The van der Waals surface area contributed by atoms with E-state index in [0.717, 1.165) is 23.4 Å². The van der Waals surface area contributed by atoms with Gasteiger partial charge in [-0.1, -0.05) is 24.3 Å². The molecule has 1 atom stereocenters. The number of rotatable bonds is 4.